The van der Waals surface area contributed by atoms with Gasteiger partial charge >= 0.3 is 0 Å². The van der Waals surface area contributed by atoms with Crippen LogP contribution in [0.3, 0.4) is 0 Å². The molecule has 1 aromatic rings. The van der Waals surface area contributed by atoms with Gasteiger partial charge in [-0.2, -0.15) is 5.10 Å². The lowest BCUT2D eigenvalue weighted by Gasteiger charge is -2.53. The van der Waals surface area contributed by atoms with E-state index in [1.807, 2.05) is 17.9 Å². The van der Waals surface area contributed by atoms with Crippen molar-refractivity contribution in [3.8, 4) is 0 Å². The van der Waals surface area contributed by atoms with Gasteiger partial charge in [-0.15, -0.1) is 0 Å². The molecule has 4 heterocycles. The van der Waals surface area contributed by atoms with Gasteiger partial charge in [0.25, 0.3) is 0 Å². The van der Waals surface area contributed by atoms with E-state index in [2.05, 4.69) is 16.2 Å². The van der Waals surface area contributed by atoms with Crippen LogP contribution in [0.2, 0.25) is 0 Å². The highest BCUT2D eigenvalue weighted by Crippen LogP contribution is 2.36. The molecule has 3 aliphatic heterocycles. The summed E-state index contributed by atoms with van der Waals surface area (Å²) in [5.74, 6) is 0.681. The Morgan fingerprint density at radius 2 is 2.08 bits per heavy atom. The molecule has 1 aromatic heterocycles. The molecule has 0 amide bonds. The summed E-state index contributed by atoms with van der Waals surface area (Å²) >= 11 is 0. The number of hydrogen-bond donors (Lipinski definition) is 0. The standard InChI is InChI=1S/C18H29N3O3/c1-20-10-16(9-19-20)11-21-13-18(14-21)8-17(4-7-24-18)23-12-15-2-5-22-6-3-15/h9-10,15,17H,2-8,11-14H2,1H3. The van der Waals surface area contributed by atoms with Crippen molar-refractivity contribution in [3.63, 3.8) is 0 Å². The highest BCUT2D eigenvalue weighted by Gasteiger charge is 2.47. The molecule has 0 aromatic carbocycles. The Labute approximate surface area is 144 Å². The van der Waals surface area contributed by atoms with Gasteiger partial charge in [-0.3, -0.25) is 9.58 Å². The van der Waals surface area contributed by atoms with E-state index >= 15 is 0 Å². The van der Waals surface area contributed by atoms with Crippen LogP contribution in [0.5, 0.6) is 0 Å². The number of ether oxygens (including phenoxy) is 3. The van der Waals surface area contributed by atoms with Crippen LogP contribution < -0.4 is 0 Å². The van der Waals surface area contributed by atoms with Crippen molar-refractivity contribution in [2.24, 2.45) is 13.0 Å². The van der Waals surface area contributed by atoms with Gasteiger partial charge in [0, 0.05) is 71.3 Å². The Balaban J connectivity index is 1.22. The molecule has 0 radical (unpaired) electrons. The second kappa shape index (κ2) is 7.12. The van der Waals surface area contributed by atoms with E-state index in [-0.39, 0.29) is 5.60 Å². The van der Waals surface area contributed by atoms with Crippen LogP contribution >= 0.6 is 0 Å². The zero-order valence-electron chi connectivity index (χ0n) is 14.7. The van der Waals surface area contributed by atoms with Gasteiger partial charge in [0.15, 0.2) is 0 Å². The SMILES string of the molecule is Cn1cc(CN2CC3(CC(OCC4CCOCC4)CCO3)C2)cn1. The van der Waals surface area contributed by atoms with Crippen LogP contribution in [-0.2, 0) is 27.8 Å². The summed E-state index contributed by atoms with van der Waals surface area (Å²) in [6.07, 6.45) is 8.77. The van der Waals surface area contributed by atoms with Crippen LogP contribution in [0.25, 0.3) is 0 Å². The van der Waals surface area contributed by atoms with E-state index in [0.29, 0.717) is 12.0 Å². The minimum atomic E-state index is 0.0286. The molecular weight excluding hydrogens is 306 g/mol. The molecule has 0 aliphatic carbocycles. The van der Waals surface area contributed by atoms with Gasteiger partial charge in [0.1, 0.15) is 0 Å². The smallest absolute Gasteiger partial charge is 0.0959 e. The molecule has 134 valence electrons. The highest BCUT2D eigenvalue weighted by atomic mass is 16.5. The van der Waals surface area contributed by atoms with Crippen molar-refractivity contribution in [1.82, 2.24) is 14.7 Å². The van der Waals surface area contributed by atoms with E-state index in [1.54, 1.807) is 0 Å². The lowest BCUT2D eigenvalue weighted by atomic mass is 9.84. The fourth-order valence-electron chi connectivity index (χ4n) is 4.22. The average molecular weight is 335 g/mol. The molecule has 0 saturated carbocycles. The van der Waals surface area contributed by atoms with Crippen LogP contribution in [0, 0.1) is 5.92 Å². The van der Waals surface area contributed by atoms with E-state index < -0.39 is 0 Å². The van der Waals surface area contributed by atoms with Crippen LogP contribution in [0.15, 0.2) is 12.4 Å². The summed E-state index contributed by atoms with van der Waals surface area (Å²) < 4.78 is 19.7. The molecule has 0 bridgehead atoms. The zero-order chi connectivity index (χ0) is 16.4. The Morgan fingerprint density at radius 3 is 2.83 bits per heavy atom. The van der Waals surface area contributed by atoms with Crippen LogP contribution in [0.1, 0.15) is 31.2 Å². The maximum absolute atomic E-state index is 6.24. The third kappa shape index (κ3) is 3.82. The summed E-state index contributed by atoms with van der Waals surface area (Å²) in [5, 5.41) is 4.24. The van der Waals surface area contributed by atoms with Gasteiger partial charge in [-0.1, -0.05) is 0 Å². The van der Waals surface area contributed by atoms with Crippen LogP contribution in [-0.4, -0.2) is 65.9 Å². The molecule has 3 aliphatic rings. The minimum absolute atomic E-state index is 0.0286. The number of aryl methyl sites for hydroxylation is 1. The highest BCUT2D eigenvalue weighted by molar-refractivity contribution is 5.08. The van der Waals surface area contributed by atoms with Crippen molar-refractivity contribution >= 4 is 0 Å². The number of nitrogens with zero attached hydrogens (tertiary/aromatic N) is 3. The largest absolute Gasteiger partial charge is 0.381 e. The third-order valence-electron chi connectivity index (χ3n) is 5.54. The Bertz CT molecular complexity index is 535. The molecule has 6 nitrogen and oxygen atoms in total. The molecule has 1 unspecified atom stereocenters. The summed E-state index contributed by atoms with van der Waals surface area (Å²) in [7, 11) is 1.96. The normalized spacial score (nSPS) is 28.1. The van der Waals surface area contributed by atoms with Gasteiger partial charge < -0.3 is 14.2 Å². The summed E-state index contributed by atoms with van der Waals surface area (Å²) in [6, 6.07) is 0. The van der Waals surface area contributed by atoms with E-state index in [0.717, 1.165) is 71.7 Å². The van der Waals surface area contributed by atoms with Gasteiger partial charge in [-0.25, -0.2) is 0 Å². The average Bonchev–Trinajstić information content (AvgIpc) is 2.98. The fourth-order valence-corrected chi connectivity index (χ4v) is 4.22. The first kappa shape index (κ1) is 16.5. The molecule has 24 heavy (non-hydrogen) atoms. The molecular formula is C18H29N3O3. The van der Waals surface area contributed by atoms with E-state index in [1.165, 1.54) is 5.56 Å². The topological polar surface area (TPSA) is 48.8 Å². The lowest BCUT2D eigenvalue weighted by molar-refractivity contribution is -0.201. The maximum atomic E-state index is 6.24. The van der Waals surface area contributed by atoms with Gasteiger partial charge in [0.05, 0.1) is 17.9 Å². The Hall–Kier alpha value is -0.950. The van der Waals surface area contributed by atoms with Crippen molar-refractivity contribution in [3.05, 3.63) is 18.0 Å². The van der Waals surface area contributed by atoms with Crippen LogP contribution in [0.4, 0.5) is 0 Å². The zero-order valence-corrected chi connectivity index (χ0v) is 14.7. The number of rotatable bonds is 5. The summed E-state index contributed by atoms with van der Waals surface area (Å²) in [5.41, 5.74) is 1.30. The van der Waals surface area contributed by atoms with Gasteiger partial charge in [-0.05, 0) is 25.2 Å². The molecule has 0 N–H and O–H groups in total. The first-order chi connectivity index (χ1) is 11.7. The predicted octanol–water partition coefficient (Wildman–Crippen LogP) is 1.60. The van der Waals surface area contributed by atoms with Crippen molar-refractivity contribution in [2.45, 2.75) is 43.9 Å². The first-order valence-corrected chi connectivity index (χ1v) is 9.24. The van der Waals surface area contributed by atoms with Crippen molar-refractivity contribution in [1.29, 1.82) is 0 Å². The second-order valence-corrected chi connectivity index (χ2v) is 7.70. The predicted molar refractivity (Wildman–Crippen MR) is 89.7 cm³/mol. The molecule has 1 spiro atoms. The number of hydrogen-bond acceptors (Lipinski definition) is 5. The fraction of sp³-hybridized carbons (Fsp3) is 0.833. The summed E-state index contributed by atoms with van der Waals surface area (Å²) in [6.45, 7) is 6.51. The molecule has 4 rings (SSSR count). The lowest BCUT2D eigenvalue weighted by Crippen LogP contribution is -2.65. The van der Waals surface area contributed by atoms with Crippen molar-refractivity contribution < 1.29 is 14.2 Å². The first-order valence-electron chi connectivity index (χ1n) is 9.24. The van der Waals surface area contributed by atoms with Gasteiger partial charge in [0.2, 0.25) is 0 Å². The Morgan fingerprint density at radius 1 is 1.25 bits per heavy atom. The van der Waals surface area contributed by atoms with Crippen molar-refractivity contribution in [2.75, 3.05) is 39.5 Å². The Kier molecular flexibility index (Phi) is 4.90. The quantitative estimate of drug-likeness (QED) is 0.818. The van der Waals surface area contributed by atoms with E-state index in [9.17, 15) is 0 Å². The minimum Gasteiger partial charge on any atom is -0.381 e. The molecule has 3 fully saturated rings. The number of likely N-dealkylation sites (tertiary alicyclic amines) is 1. The summed E-state index contributed by atoms with van der Waals surface area (Å²) in [4.78, 5) is 2.44. The monoisotopic (exact) mass is 335 g/mol. The number of aromatic nitrogens is 2. The van der Waals surface area contributed by atoms with E-state index in [4.69, 9.17) is 14.2 Å². The maximum Gasteiger partial charge on any atom is 0.0959 e. The molecule has 3 saturated heterocycles. The molecule has 1 atom stereocenters. The molecule has 6 heteroatoms. The second-order valence-electron chi connectivity index (χ2n) is 7.70. The third-order valence-corrected chi connectivity index (χ3v) is 5.54.